The number of nitrogens with zero attached hydrogens (tertiary/aromatic N) is 1. The van der Waals surface area contributed by atoms with Crippen LogP contribution >= 0.6 is 0 Å². The summed E-state index contributed by atoms with van der Waals surface area (Å²) < 4.78 is 0.646. The largest absolute Gasteiger partial charge is 1.00 e. The van der Waals surface area contributed by atoms with E-state index in [1.165, 1.54) is 0 Å². The summed E-state index contributed by atoms with van der Waals surface area (Å²) >= 11 is 0. The third kappa shape index (κ3) is 2.50. The fourth-order valence-corrected chi connectivity index (χ4v) is 1.03. The molecule has 0 radical (unpaired) electrons. The summed E-state index contributed by atoms with van der Waals surface area (Å²) in [6, 6.07) is 7.39. The van der Waals surface area contributed by atoms with Crippen molar-refractivity contribution in [2.24, 2.45) is 0 Å². The van der Waals surface area contributed by atoms with Crippen LogP contribution in [0.5, 0.6) is 5.75 Å². The van der Waals surface area contributed by atoms with Crippen molar-refractivity contribution in [2.45, 2.75) is 0 Å². The highest BCUT2D eigenvalue weighted by Crippen LogP contribution is 2.27. The number of rotatable bonds is 1. The predicted molar refractivity (Wildman–Crippen MR) is 47.7 cm³/mol. The maximum Gasteiger partial charge on any atom is 0.177 e. The van der Waals surface area contributed by atoms with Crippen LogP contribution in [0.3, 0.4) is 0 Å². The van der Waals surface area contributed by atoms with Crippen molar-refractivity contribution >= 4 is 5.69 Å². The molecule has 0 aromatic heterocycles. The van der Waals surface area contributed by atoms with Gasteiger partial charge in [-0.05, 0) is 6.07 Å². The van der Waals surface area contributed by atoms with E-state index < -0.39 is 0 Å². The summed E-state index contributed by atoms with van der Waals surface area (Å²) in [6.07, 6.45) is 0. The van der Waals surface area contributed by atoms with Crippen molar-refractivity contribution < 1.29 is 22.1 Å². The summed E-state index contributed by atoms with van der Waals surface area (Å²) in [5.74, 6) is 0.361. The first-order chi connectivity index (χ1) is 5.02. The minimum Gasteiger partial charge on any atom is -1.00 e. The van der Waals surface area contributed by atoms with E-state index in [4.69, 9.17) is 0 Å². The lowest BCUT2D eigenvalue weighted by Gasteiger charge is -2.23. The second-order valence-electron chi connectivity index (χ2n) is 3.50. The summed E-state index contributed by atoms with van der Waals surface area (Å²) in [5.41, 5.74) is 0.938. The van der Waals surface area contributed by atoms with Gasteiger partial charge >= 0.3 is 0 Å². The Kier molecular flexibility index (Phi) is 3.74. The fourth-order valence-electron chi connectivity index (χ4n) is 1.03. The second kappa shape index (κ2) is 3.92. The monoisotopic (exact) mass is 231 g/mol. The van der Waals surface area contributed by atoms with Gasteiger partial charge in [-0.3, -0.25) is 4.48 Å². The van der Waals surface area contributed by atoms with Crippen LogP contribution in [-0.2, 0) is 0 Å². The molecule has 1 N–H and O–H groups in total. The quantitative estimate of drug-likeness (QED) is 0.590. The van der Waals surface area contributed by atoms with Crippen molar-refractivity contribution in [3.05, 3.63) is 24.3 Å². The molecule has 0 atom stereocenters. The van der Waals surface area contributed by atoms with Gasteiger partial charge in [0, 0.05) is 6.07 Å². The molecule has 0 amide bonds. The first kappa shape index (κ1) is 11.5. The van der Waals surface area contributed by atoms with Gasteiger partial charge in [0.05, 0.1) is 21.1 Å². The molecule has 68 valence electrons. The van der Waals surface area contributed by atoms with Gasteiger partial charge in [-0.1, -0.05) is 12.1 Å². The molecule has 0 bridgehead atoms. The number of phenols is 1. The van der Waals surface area contributed by atoms with Crippen LogP contribution in [0.4, 0.5) is 5.69 Å². The molecule has 0 aliphatic rings. The van der Waals surface area contributed by atoms with E-state index in [2.05, 4.69) is 0 Å². The summed E-state index contributed by atoms with van der Waals surface area (Å²) in [5, 5.41) is 9.43. The Morgan fingerprint density at radius 3 is 1.92 bits per heavy atom. The van der Waals surface area contributed by atoms with E-state index in [1.54, 1.807) is 6.07 Å². The zero-order valence-electron chi connectivity index (χ0n) is 7.58. The first-order valence-electron chi connectivity index (χ1n) is 3.62. The lowest BCUT2D eigenvalue weighted by molar-refractivity contribution is -0.00000366. The molecule has 0 unspecified atom stereocenters. The highest BCUT2D eigenvalue weighted by Gasteiger charge is 2.15. The Bertz CT molecular complexity index is 255. The SMILES string of the molecule is C[N+](C)(C)c1ccccc1O.[Br-]. The smallest absolute Gasteiger partial charge is 0.177 e. The van der Waals surface area contributed by atoms with Crippen molar-refractivity contribution in [1.82, 2.24) is 4.48 Å². The molecular weight excluding hydrogens is 218 g/mol. The normalized spacial score (nSPS) is 10.6. The Balaban J connectivity index is 0.00000121. The number of aromatic hydroxyl groups is 1. The van der Waals surface area contributed by atoms with E-state index >= 15 is 0 Å². The van der Waals surface area contributed by atoms with Gasteiger partial charge in [0.15, 0.2) is 11.4 Å². The van der Waals surface area contributed by atoms with Crippen LogP contribution in [-0.4, -0.2) is 26.2 Å². The maximum atomic E-state index is 9.43. The van der Waals surface area contributed by atoms with Crippen LogP contribution in [0.15, 0.2) is 24.3 Å². The van der Waals surface area contributed by atoms with Crippen LogP contribution in [0.2, 0.25) is 0 Å². The summed E-state index contributed by atoms with van der Waals surface area (Å²) in [7, 11) is 6.07. The number of hydrogen-bond acceptors (Lipinski definition) is 1. The molecule has 1 aromatic carbocycles. The number of phenolic OH excluding ortho intramolecular Hbond substituents is 1. The molecule has 0 spiro atoms. The minimum absolute atomic E-state index is 0. The van der Waals surface area contributed by atoms with Crippen LogP contribution in [0.1, 0.15) is 0 Å². The van der Waals surface area contributed by atoms with Gasteiger partial charge in [-0.2, -0.15) is 0 Å². The van der Waals surface area contributed by atoms with E-state index in [-0.39, 0.29) is 17.0 Å². The summed E-state index contributed by atoms with van der Waals surface area (Å²) in [6.45, 7) is 0. The number of para-hydroxylation sites is 2. The zero-order valence-corrected chi connectivity index (χ0v) is 9.17. The molecular formula is C9H14BrNO. The molecule has 0 aliphatic heterocycles. The highest BCUT2D eigenvalue weighted by atomic mass is 79.9. The number of hydrogen-bond donors (Lipinski definition) is 1. The Labute approximate surface area is 83.8 Å². The molecule has 1 rings (SSSR count). The predicted octanol–water partition coefficient (Wildman–Crippen LogP) is -1.41. The second-order valence-corrected chi connectivity index (χ2v) is 3.50. The zero-order chi connectivity index (χ0) is 8.48. The van der Waals surface area contributed by atoms with Crippen LogP contribution < -0.4 is 21.5 Å². The molecule has 0 heterocycles. The Morgan fingerprint density at radius 2 is 1.58 bits per heavy atom. The molecule has 1 aromatic rings. The molecule has 12 heavy (non-hydrogen) atoms. The number of benzene rings is 1. The average Bonchev–Trinajstić information content (AvgIpc) is 1.86. The molecule has 3 heteroatoms. The first-order valence-corrected chi connectivity index (χ1v) is 3.62. The van der Waals surface area contributed by atoms with Gasteiger partial charge in [0.1, 0.15) is 0 Å². The number of quaternary nitrogens is 1. The molecule has 0 aliphatic carbocycles. The van der Waals surface area contributed by atoms with Gasteiger partial charge in [-0.15, -0.1) is 0 Å². The molecule has 0 saturated heterocycles. The Morgan fingerprint density at radius 1 is 1.08 bits per heavy atom. The molecule has 0 saturated carbocycles. The van der Waals surface area contributed by atoms with Crippen LogP contribution in [0, 0.1) is 0 Å². The third-order valence-corrected chi connectivity index (χ3v) is 1.60. The van der Waals surface area contributed by atoms with Crippen molar-refractivity contribution in [3.8, 4) is 5.75 Å². The van der Waals surface area contributed by atoms with Crippen molar-refractivity contribution in [1.29, 1.82) is 0 Å². The highest BCUT2D eigenvalue weighted by molar-refractivity contribution is 5.53. The standard InChI is InChI=1S/C9H13NO.BrH/c1-10(2,3)8-6-4-5-7-9(8)11;/h4-7H,1-3H3;1H. The van der Waals surface area contributed by atoms with Gasteiger partial charge < -0.3 is 22.1 Å². The lowest BCUT2D eigenvalue weighted by atomic mass is 10.2. The van der Waals surface area contributed by atoms with Crippen molar-refractivity contribution in [3.63, 3.8) is 0 Å². The molecule has 2 nitrogen and oxygen atoms in total. The van der Waals surface area contributed by atoms with Crippen molar-refractivity contribution in [2.75, 3.05) is 21.1 Å². The van der Waals surface area contributed by atoms with Crippen LogP contribution in [0.25, 0.3) is 0 Å². The van der Waals surface area contributed by atoms with E-state index in [0.29, 0.717) is 10.2 Å². The van der Waals surface area contributed by atoms with E-state index in [9.17, 15) is 5.11 Å². The topological polar surface area (TPSA) is 20.2 Å². The molecule has 0 fully saturated rings. The Hall–Kier alpha value is -0.540. The maximum absolute atomic E-state index is 9.43. The number of halogens is 1. The van der Waals surface area contributed by atoms with Gasteiger partial charge in [-0.25, -0.2) is 0 Å². The third-order valence-electron chi connectivity index (χ3n) is 1.60. The van der Waals surface area contributed by atoms with E-state index in [0.717, 1.165) is 5.69 Å². The minimum atomic E-state index is 0. The van der Waals surface area contributed by atoms with E-state index in [1.807, 2.05) is 39.3 Å². The van der Waals surface area contributed by atoms with Gasteiger partial charge in [0.25, 0.3) is 0 Å². The fraction of sp³-hybridized carbons (Fsp3) is 0.333. The summed E-state index contributed by atoms with van der Waals surface area (Å²) in [4.78, 5) is 0. The van der Waals surface area contributed by atoms with Gasteiger partial charge in [0.2, 0.25) is 0 Å². The average molecular weight is 232 g/mol. The lowest BCUT2D eigenvalue weighted by Crippen LogP contribution is -3.00.